The fraction of sp³-hybridized carbons (Fsp3) is 0.438. The molecule has 10 nitrogen and oxygen atoms in total. The van der Waals surface area contributed by atoms with Gasteiger partial charge in [0.1, 0.15) is 11.3 Å². The van der Waals surface area contributed by atoms with E-state index in [-0.39, 0.29) is 18.9 Å². The average Bonchev–Trinajstić information content (AvgIpc) is 3.33. The van der Waals surface area contributed by atoms with Gasteiger partial charge in [-0.25, -0.2) is 9.97 Å². The first kappa shape index (κ1) is 30.9. The van der Waals surface area contributed by atoms with Crippen molar-refractivity contribution in [1.29, 1.82) is 0 Å². The van der Waals surface area contributed by atoms with Crippen LogP contribution in [0, 0.1) is 0 Å². The second kappa shape index (κ2) is 14.7. The standard InChI is InChI=1S/C32H42N6O4/c1-4-5-14-27-35-30-31(25-12-6-7-13-26(25)34-32(30)33)38(27)16-9-15-37(28(39)22-36(2)17-18-42-3)21-24-11-8-10-23(19-24)20-29(40)41/h6-8,10-13,19H,4-5,9,14-18,20-22H2,1-3H3,(H2,33,34)(H,40,41). The number of aromatic nitrogens is 3. The van der Waals surface area contributed by atoms with Crippen LogP contribution in [0.2, 0.25) is 0 Å². The number of nitrogens with two attached hydrogens (primary N) is 1. The number of benzene rings is 2. The van der Waals surface area contributed by atoms with Gasteiger partial charge in [0, 0.05) is 45.1 Å². The Morgan fingerprint density at radius 3 is 2.60 bits per heavy atom. The number of unbranched alkanes of at least 4 members (excludes halogenated alkanes) is 1. The van der Waals surface area contributed by atoms with Crippen LogP contribution in [0.5, 0.6) is 0 Å². The van der Waals surface area contributed by atoms with E-state index < -0.39 is 5.97 Å². The molecule has 0 unspecified atom stereocenters. The van der Waals surface area contributed by atoms with Gasteiger partial charge in [0.25, 0.3) is 0 Å². The third kappa shape index (κ3) is 7.83. The Morgan fingerprint density at radius 1 is 1.05 bits per heavy atom. The number of hydrogen-bond donors (Lipinski definition) is 2. The zero-order valence-corrected chi connectivity index (χ0v) is 24.9. The summed E-state index contributed by atoms with van der Waals surface area (Å²) in [5, 5.41) is 10.3. The molecule has 2 aromatic carbocycles. The van der Waals surface area contributed by atoms with Gasteiger partial charge in [-0.2, -0.15) is 0 Å². The largest absolute Gasteiger partial charge is 0.481 e. The summed E-state index contributed by atoms with van der Waals surface area (Å²) in [6.07, 6.45) is 3.56. The number of aliphatic carboxylic acids is 1. The van der Waals surface area contributed by atoms with Crippen LogP contribution >= 0.6 is 0 Å². The number of para-hydroxylation sites is 1. The van der Waals surface area contributed by atoms with Gasteiger partial charge in [0.15, 0.2) is 5.82 Å². The molecule has 0 radical (unpaired) electrons. The maximum atomic E-state index is 13.5. The van der Waals surface area contributed by atoms with E-state index in [0.29, 0.717) is 50.6 Å². The minimum atomic E-state index is -0.880. The molecule has 4 rings (SSSR count). The van der Waals surface area contributed by atoms with E-state index >= 15 is 0 Å². The number of hydrogen-bond acceptors (Lipinski definition) is 7. The quantitative estimate of drug-likeness (QED) is 0.205. The zero-order valence-electron chi connectivity index (χ0n) is 24.9. The SMILES string of the molecule is CCCCc1nc2c(N)nc3ccccc3c2n1CCCN(Cc1cccc(CC(=O)O)c1)C(=O)CN(C)CCOC. The number of carboxylic acid groups (broad SMARTS) is 1. The summed E-state index contributed by atoms with van der Waals surface area (Å²) >= 11 is 0. The van der Waals surface area contributed by atoms with Crippen molar-refractivity contribution in [3.63, 3.8) is 0 Å². The molecule has 3 N–H and O–H groups in total. The first-order valence-corrected chi connectivity index (χ1v) is 14.6. The number of pyridine rings is 1. The van der Waals surface area contributed by atoms with Crippen molar-refractivity contribution >= 4 is 39.6 Å². The molecule has 4 aromatic rings. The van der Waals surface area contributed by atoms with E-state index in [4.69, 9.17) is 15.5 Å². The number of carbonyl (C=O) groups excluding carboxylic acids is 1. The fourth-order valence-electron chi connectivity index (χ4n) is 5.27. The van der Waals surface area contributed by atoms with Crippen LogP contribution in [0.3, 0.4) is 0 Å². The van der Waals surface area contributed by atoms with Crippen LogP contribution in [0.15, 0.2) is 48.5 Å². The minimum Gasteiger partial charge on any atom is -0.481 e. The molecule has 2 aromatic heterocycles. The lowest BCUT2D eigenvalue weighted by Crippen LogP contribution is -2.40. The predicted molar refractivity (Wildman–Crippen MR) is 165 cm³/mol. The molecule has 0 fully saturated rings. The number of aryl methyl sites for hydroxylation is 2. The second-order valence-electron chi connectivity index (χ2n) is 10.8. The van der Waals surface area contributed by atoms with Crippen LogP contribution < -0.4 is 5.73 Å². The summed E-state index contributed by atoms with van der Waals surface area (Å²) in [5.41, 5.74) is 10.5. The lowest BCUT2D eigenvalue weighted by Gasteiger charge is -2.26. The van der Waals surface area contributed by atoms with Gasteiger partial charge in [-0.15, -0.1) is 0 Å². The predicted octanol–water partition coefficient (Wildman–Crippen LogP) is 4.13. The van der Waals surface area contributed by atoms with Crippen LogP contribution in [0.25, 0.3) is 21.9 Å². The topological polar surface area (TPSA) is 127 Å². The molecule has 0 aliphatic carbocycles. The number of amides is 1. The van der Waals surface area contributed by atoms with Crippen LogP contribution in [-0.2, 0) is 40.3 Å². The first-order valence-electron chi connectivity index (χ1n) is 14.6. The maximum absolute atomic E-state index is 13.5. The summed E-state index contributed by atoms with van der Waals surface area (Å²) in [6.45, 7) is 5.22. The number of ether oxygens (including phenoxy) is 1. The van der Waals surface area contributed by atoms with E-state index in [1.807, 2.05) is 53.2 Å². The van der Waals surface area contributed by atoms with Crippen LogP contribution in [-0.4, -0.2) is 81.7 Å². The normalized spacial score (nSPS) is 11.5. The molecule has 0 spiro atoms. The molecule has 0 saturated heterocycles. The van der Waals surface area contributed by atoms with Gasteiger partial charge in [-0.1, -0.05) is 55.8 Å². The highest BCUT2D eigenvalue weighted by Gasteiger charge is 2.20. The molecule has 10 heteroatoms. The van der Waals surface area contributed by atoms with E-state index in [0.717, 1.165) is 52.6 Å². The Kier molecular flexibility index (Phi) is 10.9. The van der Waals surface area contributed by atoms with Crippen LogP contribution in [0.4, 0.5) is 5.82 Å². The van der Waals surface area contributed by atoms with Gasteiger partial charge in [-0.05, 0) is 37.1 Å². The summed E-state index contributed by atoms with van der Waals surface area (Å²) in [7, 11) is 3.55. The average molecular weight is 575 g/mol. The molecule has 0 saturated carbocycles. The van der Waals surface area contributed by atoms with Gasteiger partial charge >= 0.3 is 5.97 Å². The summed E-state index contributed by atoms with van der Waals surface area (Å²) in [6, 6.07) is 15.4. The van der Waals surface area contributed by atoms with Crippen molar-refractivity contribution in [1.82, 2.24) is 24.3 Å². The van der Waals surface area contributed by atoms with Crippen molar-refractivity contribution < 1.29 is 19.4 Å². The van der Waals surface area contributed by atoms with Gasteiger partial charge in [0.05, 0.1) is 30.6 Å². The molecule has 1 amide bonds. The van der Waals surface area contributed by atoms with E-state index in [1.54, 1.807) is 13.2 Å². The molecular formula is C32H42N6O4. The van der Waals surface area contributed by atoms with E-state index in [9.17, 15) is 14.7 Å². The van der Waals surface area contributed by atoms with Crippen molar-refractivity contribution in [2.75, 3.05) is 46.1 Å². The highest BCUT2D eigenvalue weighted by atomic mass is 16.5. The number of nitrogen functional groups attached to an aromatic ring is 1. The third-order valence-corrected chi connectivity index (χ3v) is 7.41. The molecule has 0 aliphatic rings. The smallest absolute Gasteiger partial charge is 0.307 e. The van der Waals surface area contributed by atoms with Crippen molar-refractivity contribution in [2.45, 2.75) is 52.1 Å². The first-order chi connectivity index (χ1) is 20.3. The van der Waals surface area contributed by atoms with Gasteiger partial charge < -0.3 is 25.0 Å². The lowest BCUT2D eigenvalue weighted by molar-refractivity contribution is -0.136. The second-order valence-corrected chi connectivity index (χ2v) is 10.8. The van der Waals surface area contributed by atoms with Crippen molar-refractivity contribution in [3.05, 3.63) is 65.5 Å². The number of nitrogens with zero attached hydrogens (tertiary/aromatic N) is 5. The monoisotopic (exact) mass is 574 g/mol. The summed E-state index contributed by atoms with van der Waals surface area (Å²) in [5.74, 6) is 0.542. The summed E-state index contributed by atoms with van der Waals surface area (Å²) < 4.78 is 7.43. The molecule has 2 heterocycles. The zero-order chi connectivity index (χ0) is 30.1. The number of rotatable bonds is 16. The highest BCUT2D eigenvalue weighted by Crippen LogP contribution is 2.29. The molecule has 0 aliphatic heterocycles. The fourth-order valence-corrected chi connectivity index (χ4v) is 5.27. The van der Waals surface area contributed by atoms with Crippen LogP contribution in [0.1, 0.15) is 43.1 Å². The molecule has 0 atom stereocenters. The third-order valence-electron chi connectivity index (χ3n) is 7.41. The number of imidazole rings is 1. The highest BCUT2D eigenvalue weighted by molar-refractivity contribution is 6.06. The number of fused-ring (bicyclic) bond motifs is 3. The lowest BCUT2D eigenvalue weighted by atomic mass is 10.1. The Hall–Kier alpha value is -4.02. The number of anilines is 1. The number of methoxy groups -OCH3 is 1. The number of likely N-dealkylation sites (N-methyl/N-ethyl adjacent to an activating group) is 1. The molecule has 0 bridgehead atoms. The summed E-state index contributed by atoms with van der Waals surface area (Å²) in [4.78, 5) is 38.1. The molecule has 224 valence electrons. The molecular weight excluding hydrogens is 532 g/mol. The van der Waals surface area contributed by atoms with E-state index in [1.165, 1.54) is 0 Å². The Morgan fingerprint density at radius 2 is 1.83 bits per heavy atom. The Balaban J connectivity index is 1.59. The Bertz CT molecular complexity index is 1520. The number of carboxylic acids is 1. The number of carbonyl (C=O) groups is 2. The van der Waals surface area contributed by atoms with E-state index in [2.05, 4.69) is 22.5 Å². The van der Waals surface area contributed by atoms with Crippen molar-refractivity contribution in [2.24, 2.45) is 0 Å². The van der Waals surface area contributed by atoms with Crippen molar-refractivity contribution in [3.8, 4) is 0 Å². The molecule has 42 heavy (non-hydrogen) atoms. The maximum Gasteiger partial charge on any atom is 0.307 e. The van der Waals surface area contributed by atoms with Gasteiger partial charge in [0.2, 0.25) is 5.91 Å². The van der Waals surface area contributed by atoms with Gasteiger partial charge in [-0.3, -0.25) is 14.5 Å². The minimum absolute atomic E-state index is 0.0119. The Labute approximate surface area is 247 Å².